The van der Waals surface area contributed by atoms with Crippen LogP contribution in [-0.2, 0) is 0 Å². The largest absolute Gasteiger partial charge is 0.352 e. The summed E-state index contributed by atoms with van der Waals surface area (Å²) in [7, 11) is 0. The van der Waals surface area contributed by atoms with Crippen molar-refractivity contribution in [3.05, 3.63) is 39.5 Å². The van der Waals surface area contributed by atoms with Crippen molar-refractivity contribution in [3.63, 3.8) is 0 Å². The van der Waals surface area contributed by atoms with E-state index in [1.807, 2.05) is 19.9 Å². The van der Waals surface area contributed by atoms with Gasteiger partial charge in [0.25, 0.3) is 5.91 Å². The van der Waals surface area contributed by atoms with E-state index in [1.54, 1.807) is 6.07 Å². The van der Waals surface area contributed by atoms with Gasteiger partial charge in [-0.2, -0.15) is 0 Å². The Balaban J connectivity index is 2.49. The number of pyridine rings is 1. The van der Waals surface area contributed by atoms with Crippen LogP contribution in [0.4, 0.5) is 0 Å². The SMILES string of the molecule is Cc1ccc(C(=O)NCCCN=[N+]=[N-])c(C)n1. The van der Waals surface area contributed by atoms with Crippen molar-refractivity contribution in [3.8, 4) is 0 Å². The molecule has 90 valence electrons. The minimum Gasteiger partial charge on any atom is -0.352 e. The predicted octanol–water partition coefficient (Wildman–Crippen LogP) is 2.13. The average Bonchev–Trinajstić information content (AvgIpc) is 2.28. The van der Waals surface area contributed by atoms with E-state index >= 15 is 0 Å². The van der Waals surface area contributed by atoms with E-state index in [1.165, 1.54) is 0 Å². The number of carbonyl (C=O) groups is 1. The number of carbonyl (C=O) groups excluding carboxylic acids is 1. The van der Waals surface area contributed by atoms with Gasteiger partial charge in [0.1, 0.15) is 0 Å². The molecule has 0 bridgehead atoms. The fourth-order valence-corrected chi connectivity index (χ4v) is 1.42. The molecular formula is C11H15N5O. The number of amides is 1. The highest BCUT2D eigenvalue weighted by atomic mass is 16.1. The molecule has 1 aromatic rings. The number of nitrogens with one attached hydrogen (secondary N) is 1. The standard InChI is InChI=1S/C11H15N5O/c1-8-4-5-10(9(2)15-8)11(17)13-6-3-7-14-16-12/h4-5H,3,6-7H2,1-2H3,(H,13,17). The predicted molar refractivity (Wildman–Crippen MR) is 64.7 cm³/mol. The number of azide groups is 1. The zero-order valence-corrected chi connectivity index (χ0v) is 9.97. The third-order valence-corrected chi connectivity index (χ3v) is 2.25. The Morgan fingerprint density at radius 2 is 2.29 bits per heavy atom. The number of aryl methyl sites for hydroxylation is 2. The molecule has 0 spiro atoms. The molecule has 0 aliphatic rings. The molecule has 0 unspecified atom stereocenters. The van der Waals surface area contributed by atoms with E-state index < -0.39 is 0 Å². The van der Waals surface area contributed by atoms with Gasteiger partial charge < -0.3 is 5.32 Å². The molecule has 6 nitrogen and oxygen atoms in total. The number of rotatable bonds is 5. The summed E-state index contributed by atoms with van der Waals surface area (Å²) in [4.78, 5) is 18.6. The number of nitrogens with zero attached hydrogens (tertiary/aromatic N) is 4. The first-order chi connectivity index (χ1) is 8.15. The van der Waals surface area contributed by atoms with E-state index in [-0.39, 0.29) is 5.91 Å². The van der Waals surface area contributed by atoms with E-state index in [4.69, 9.17) is 5.53 Å². The Kier molecular flexibility index (Phi) is 4.97. The van der Waals surface area contributed by atoms with Crippen molar-refractivity contribution >= 4 is 5.91 Å². The molecule has 1 N–H and O–H groups in total. The lowest BCUT2D eigenvalue weighted by atomic mass is 10.1. The first-order valence-corrected chi connectivity index (χ1v) is 5.38. The third kappa shape index (κ3) is 4.12. The minimum atomic E-state index is -0.143. The minimum absolute atomic E-state index is 0.143. The van der Waals surface area contributed by atoms with Crippen LogP contribution in [0.15, 0.2) is 17.2 Å². The molecule has 1 aromatic heterocycles. The lowest BCUT2D eigenvalue weighted by Gasteiger charge is -2.06. The van der Waals surface area contributed by atoms with E-state index in [2.05, 4.69) is 20.3 Å². The second-order valence-electron chi connectivity index (χ2n) is 3.65. The summed E-state index contributed by atoms with van der Waals surface area (Å²) < 4.78 is 0. The molecule has 0 saturated heterocycles. The van der Waals surface area contributed by atoms with Crippen molar-refractivity contribution in [2.24, 2.45) is 5.11 Å². The van der Waals surface area contributed by atoms with Gasteiger partial charge in [0.15, 0.2) is 0 Å². The molecule has 17 heavy (non-hydrogen) atoms. The van der Waals surface area contributed by atoms with Crippen LogP contribution in [0.3, 0.4) is 0 Å². The molecule has 1 amide bonds. The second-order valence-corrected chi connectivity index (χ2v) is 3.65. The third-order valence-electron chi connectivity index (χ3n) is 2.25. The first kappa shape index (κ1) is 13.0. The van der Waals surface area contributed by atoms with Crippen LogP contribution in [-0.4, -0.2) is 24.0 Å². The maximum absolute atomic E-state index is 11.8. The molecule has 0 aliphatic heterocycles. The molecule has 0 saturated carbocycles. The summed E-state index contributed by atoms with van der Waals surface area (Å²) >= 11 is 0. The summed E-state index contributed by atoms with van der Waals surface area (Å²) in [5.41, 5.74) is 10.3. The maximum Gasteiger partial charge on any atom is 0.253 e. The summed E-state index contributed by atoms with van der Waals surface area (Å²) in [5.74, 6) is -0.143. The highest BCUT2D eigenvalue weighted by molar-refractivity contribution is 5.95. The summed E-state index contributed by atoms with van der Waals surface area (Å²) in [6.07, 6.45) is 0.633. The van der Waals surface area contributed by atoms with Crippen molar-refractivity contribution in [1.29, 1.82) is 0 Å². The summed E-state index contributed by atoms with van der Waals surface area (Å²) in [6.45, 7) is 4.57. The Morgan fingerprint density at radius 1 is 1.53 bits per heavy atom. The van der Waals surface area contributed by atoms with Crippen LogP contribution in [0.2, 0.25) is 0 Å². The lowest BCUT2D eigenvalue weighted by molar-refractivity contribution is 0.0952. The van der Waals surface area contributed by atoms with E-state index in [0.29, 0.717) is 25.1 Å². The van der Waals surface area contributed by atoms with Gasteiger partial charge in [-0.15, -0.1) is 0 Å². The van der Waals surface area contributed by atoms with Gasteiger partial charge >= 0.3 is 0 Å². The van der Waals surface area contributed by atoms with Gasteiger partial charge in [-0.3, -0.25) is 9.78 Å². The van der Waals surface area contributed by atoms with Gasteiger partial charge in [-0.1, -0.05) is 5.11 Å². The molecular weight excluding hydrogens is 218 g/mol. The maximum atomic E-state index is 11.8. The van der Waals surface area contributed by atoms with Crippen LogP contribution >= 0.6 is 0 Å². The average molecular weight is 233 g/mol. The van der Waals surface area contributed by atoms with Crippen LogP contribution < -0.4 is 5.32 Å². The van der Waals surface area contributed by atoms with Gasteiger partial charge in [0.2, 0.25) is 0 Å². The van der Waals surface area contributed by atoms with Crippen LogP contribution in [0.25, 0.3) is 10.4 Å². The Bertz CT molecular complexity index is 451. The van der Waals surface area contributed by atoms with E-state index in [9.17, 15) is 4.79 Å². The molecule has 0 fully saturated rings. The van der Waals surface area contributed by atoms with Crippen molar-refractivity contribution in [1.82, 2.24) is 10.3 Å². The zero-order chi connectivity index (χ0) is 12.7. The molecule has 0 radical (unpaired) electrons. The summed E-state index contributed by atoms with van der Waals surface area (Å²) in [6, 6.07) is 3.57. The van der Waals surface area contributed by atoms with Gasteiger partial charge in [-0.05, 0) is 37.9 Å². The van der Waals surface area contributed by atoms with Crippen molar-refractivity contribution < 1.29 is 4.79 Å². The van der Waals surface area contributed by atoms with Crippen molar-refractivity contribution in [2.75, 3.05) is 13.1 Å². The summed E-state index contributed by atoms with van der Waals surface area (Å²) in [5, 5.41) is 6.14. The topological polar surface area (TPSA) is 90.8 Å². The molecule has 1 rings (SSSR count). The van der Waals surface area contributed by atoms with Crippen LogP contribution in [0.5, 0.6) is 0 Å². The molecule has 1 heterocycles. The number of aromatic nitrogens is 1. The quantitative estimate of drug-likeness (QED) is 0.365. The van der Waals surface area contributed by atoms with Gasteiger partial charge in [-0.25, -0.2) is 0 Å². The first-order valence-electron chi connectivity index (χ1n) is 5.38. The highest BCUT2D eigenvalue weighted by Crippen LogP contribution is 2.05. The normalized spacial score (nSPS) is 9.53. The van der Waals surface area contributed by atoms with Crippen molar-refractivity contribution in [2.45, 2.75) is 20.3 Å². The van der Waals surface area contributed by atoms with Crippen LogP contribution in [0.1, 0.15) is 28.2 Å². The van der Waals surface area contributed by atoms with Gasteiger partial charge in [0.05, 0.1) is 11.3 Å². The molecule has 0 aromatic carbocycles. The molecule has 0 atom stereocenters. The van der Waals surface area contributed by atoms with Crippen LogP contribution in [0, 0.1) is 13.8 Å². The monoisotopic (exact) mass is 233 g/mol. The Labute approximate surface area is 99.7 Å². The molecule has 0 aliphatic carbocycles. The van der Waals surface area contributed by atoms with E-state index in [0.717, 1.165) is 11.4 Å². The highest BCUT2D eigenvalue weighted by Gasteiger charge is 2.08. The fraction of sp³-hybridized carbons (Fsp3) is 0.455. The fourth-order valence-electron chi connectivity index (χ4n) is 1.42. The number of hydrogen-bond acceptors (Lipinski definition) is 3. The smallest absolute Gasteiger partial charge is 0.253 e. The van der Waals surface area contributed by atoms with Gasteiger partial charge in [0, 0.05) is 23.7 Å². The second kappa shape index (κ2) is 6.50. The zero-order valence-electron chi connectivity index (χ0n) is 9.97. The Morgan fingerprint density at radius 3 is 2.94 bits per heavy atom. The Hall–Kier alpha value is -2.07. The molecule has 6 heteroatoms. The lowest BCUT2D eigenvalue weighted by Crippen LogP contribution is -2.25. The number of hydrogen-bond donors (Lipinski definition) is 1.